The number of thioether (sulfide) groups is 1. The van der Waals surface area contributed by atoms with E-state index in [1.54, 1.807) is 17.0 Å². The minimum absolute atomic E-state index is 0.0956. The van der Waals surface area contributed by atoms with Crippen molar-refractivity contribution in [2.24, 2.45) is 4.99 Å². The van der Waals surface area contributed by atoms with E-state index in [-0.39, 0.29) is 11.5 Å². The predicted molar refractivity (Wildman–Crippen MR) is 92.2 cm³/mol. The number of amidine groups is 1. The fraction of sp³-hybridized carbons (Fsp3) is 0.222. The standard InChI is InChI=1S/C18H17FN2OS/c1-13-5-4-6-14(11-13)12-23-18-20-9-10-21(18)17(22)15-7-2-3-8-16(15)19/h2-8,11H,9-10,12H2,1H3. The Bertz CT molecular complexity index is 760. The fourth-order valence-electron chi connectivity index (χ4n) is 2.47. The van der Waals surface area contributed by atoms with Crippen LogP contribution in [0.1, 0.15) is 21.5 Å². The van der Waals surface area contributed by atoms with Crippen LogP contribution in [0.15, 0.2) is 53.5 Å². The van der Waals surface area contributed by atoms with E-state index in [9.17, 15) is 9.18 Å². The third-order valence-electron chi connectivity index (χ3n) is 3.60. The number of aliphatic imine (C=N–C) groups is 1. The Labute approximate surface area is 139 Å². The summed E-state index contributed by atoms with van der Waals surface area (Å²) >= 11 is 1.52. The first-order valence-electron chi connectivity index (χ1n) is 7.44. The maximum atomic E-state index is 13.8. The number of nitrogens with zero attached hydrogens (tertiary/aromatic N) is 2. The number of amides is 1. The Morgan fingerprint density at radius 2 is 2.09 bits per heavy atom. The molecule has 0 fully saturated rings. The van der Waals surface area contributed by atoms with E-state index in [0.29, 0.717) is 18.3 Å². The number of carbonyl (C=O) groups excluding carboxylic acids is 1. The molecule has 2 aromatic rings. The molecule has 0 N–H and O–H groups in total. The Balaban J connectivity index is 1.70. The van der Waals surface area contributed by atoms with Gasteiger partial charge in [0, 0.05) is 12.3 Å². The molecule has 0 aromatic heterocycles. The van der Waals surface area contributed by atoms with Gasteiger partial charge in [-0.3, -0.25) is 14.7 Å². The van der Waals surface area contributed by atoms with E-state index in [2.05, 4.69) is 30.1 Å². The molecular weight excluding hydrogens is 311 g/mol. The van der Waals surface area contributed by atoms with Gasteiger partial charge in [-0.05, 0) is 24.6 Å². The summed E-state index contributed by atoms with van der Waals surface area (Å²) in [5.74, 6) is -0.0785. The zero-order chi connectivity index (χ0) is 16.2. The highest BCUT2D eigenvalue weighted by Gasteiger charge is 2.26. The van der Waals surface area contributed by atoms with E-state index in [0.717, 1.165) is 5.75 Å². The molecule has 3 nitrogen and oxygen atoms in total. The van der Waals surface area contributed by atoms with Crippen LogP contribution in [-0.2, 0) is 5.75 Å². The van der Waals surface area contributed by atoms with Crippen LogP contribution in [0.3, 0.4) is 0 Å². The first-order valence-corrected chi connectivity index (χ1v) is 8.43. The maximum absolute atomic E-state index is 13.8. The largest absolute Gasteiger partial charge is 0.285 e. The molecule has 0 saturated carbocycles. The predicted octanol–water partition coefficient (Wildman–Crippen LogP) is 3.88. The van der Waals surface area contributed by atoms with Crippen LogP contribution in [0.4, 0.5) is 4.39 Å². The van der Waals surface area contributed by atoms with Crippen molar-refractivity contribution < 1.29 is 9.18 Å². The number of carbonyl (C=O) groups is 1. The molecule has 1 aliphatic rings. The second-order valence-corrected chi connectivity index (χ2v) is 6.32. The number of hydrogen-bond acceptors (Lipinski definition) is 3. The molecule has 0 saturated heterocycles. The summed E-state index contributed by atoms with van der Waals surface area (Å²) in [4.78, 5) is 18.5. The lowest BCUT2D eigenvalue weighted by Gasteiger charge is -2.18. The minimum atomic E-state index is -0.493. The summed E-state index contributed by atoms with van der Waals surface area (Å²) < 4.78 is 13.8. The molecule has 0 spiro atoms. The molecule has 118 valence electrons. The zero-order valence-corrected chi connectivity index (χ0v) is 13.6. The average molecular weight is 328 g/mol. The first kappa shape index (κ1) is 15.7. The van der Waals surface area contributed by atoms with Crippen LogP contribution in [0.25, 0.3) is 0 Å². The van der Waals surface area contributed by atoms with Crippen LogP contribution < -0.4 is 0 Å². The number of benzene rings is 2. The van der Waals surface area contributed by atoms with Crippen molar-refractivity contribution in [3.8, 4) is 0 Å². The Hall–Kier alpha value is -2.14. The van der Waals surface area contributed by atoms with Crippen LogP contribution in [0.5, 0.6) is 0 Å². The molecule has 1 heterocycles. The van der Waals surface area contributed by atoms with Crippen LogP contribution in [0.2, 0.25) is 0 Å². The van der Waals surface area contributed by atoms with Gasteiger partial charge >= 0.3 is 0 Å². The summed E-state index contributed by atoms with van der Waals surface area (Å²) in [6.45, 7) is 3.12. The maximum Gasteiger partial charge on any atom is 0.262 e. The van der Waals surface area contributed by atoms with Gasteiger partial charge in [-0.25, -0.2) is 4.39 Å². The van der Waals surface area contributed by atoms with Crippen molar-refractivity contribution in [1.82, 2.24) is 4.90 Å². The number of rotatable bonds is 3. The van der Waals surface area contributed by atoms with Crippen molar-refractivity contribution >= 4 is 22.8 Å². The van der Waals surface area contributed by atoms with Crippen LogP contribution >= 0.6 is 11.8 Å². The highest BCUT2D eigenvalue weighted by molar-refractivity contribution is 8.13. The van der Waals surface area contributed by atoms with E-state index < -0.39 is 5.82 Å². The molecule has 0 atom stereocenters. The van der Waals surface area contributed by atoms with Gasteiger partial charge in [0.25, 0.3) is 5.91 Å². The van der Waals surface area contributed by atoms with E-state index >= 15 is 0 Å². The summed E-state index contributed by atoms with van der Waals surface area (Å²) in [5, 5.41) is 0.666. The Morgan fingerprint density at radius 1 is 1.26 bits per heavy atom. The van der Waals surface area contributed by atoms with Gasteiger partial charge in [0.2, 0.25) is 0 Å². The van der Waals surface area contributed by atoms with Crippen molar-refractivity contribution in [3.05, 3.63) is 71.0 Å². The lowest BCUT2D eigenvalue weighted by Crippen LogP contribution is -2.33. The van der Waals surface area contributed by atoms with Gasteiger partial charge in [0.1, 0.15) is 5.82 Å². The highest BCUT2D eigenvalue weighted by atomic mass is 32.2. The smallest absolute Gasteiger partial charge is 0.262 e. The third kappa shape index (κ3) is 3.62. The zero-order valence-electron chi connectivity index (χ0n) is 12.8. The van der Waals surface area contributed by atoms with E-state index in [4.69, 9.17) is 0 Å². The number of hydrogen-bond donors (Lipinski definition) is 0. The number of halogens is 1. The summed E-state index contributed by atoms with van der Waals surface area (Å²) in [6, 6.07) is 14.3. The van der Waals surface area contributed by atoms with Crippen molar-refractivity contribution in [2.45, 2.75) is 12.7 Å². The molecule has 2 aromatic carbocycles. The van der Waals surface area contributed by atoms with Gasteiger partial charge in [0.15, 0.2) is 5.17 Å². The molecule has 0 unspecified atom stereocenters. The Morgan fingerprint density at radius 3 is 2.87 bits per heavy atom. The monoisotopic (exact) mass is 328 g/mol. The second kappa shape index (κ2) is 6.96. The van der Waals surface area contributed by atoms with Gasteiger partial charge in [-0.15, -0.1) is 0 Å². The van der Waals surface area contributed by atoms with Crippen LogP contribution in [0, 0.1) is 12.7 Å². The summed E-state index contributed by atoms with van der Waals surface area (Å²) in [6.07, 6.45) is 0. The van der Waals surface area contributed by atoms with Crippen molar-refractivity contribution in [1.29, 1.82) is 0 Å². The lowest BCUT2D eigenvalue weighted by molar-refractivity contribution is 0.0856. The van der Waals surface area contributed by atoms with Crippen molar-refractivity contribution in [3.63, 3.8) is 0 Å². The quantitative estimate of drug-likeness (QED) is 0.856. The van der Waals surface area contributed by atoms with Crippen LogP contribution in [-0.4, -0.2) is 29.1 Å². The summed E-state index contributed by atoms with van der Waals surface area (Å²) in [5.41, 5.74) is 2.48. The third-order valence-corrected chi connectivity index (χ3v) is 4.69. The highest BCUT2D eigenvalue weighted by Crippen LogP contribution is 2.22. The molecular formula is C18H17FN2OS. The molecule has 0 aliphatic carbocycles. The molecule has 5 heteroatoms. The molecule has 23 heavy (non-hydrogen) atoms. The van der Waals surface area contributed by atoms with Gasteiger partial charge < -0.3 is 0 Å². The second-order valence-electron chi connectivity index (χ2n) is 5.38. The van der Waals surface area contributed by atoms with Gasteiger partial charge in [-0.2, -0.15) is 0 Å². The average Bonchev–Trinajstić information content (AvgIpc) is 3.01. The minimum Gasteiger partial charge on any atom is -0.285 e. The van der Waals surface area contributed by atoms with Crippen molar-refractivity contribution in [2.75, 3.05) is 13.1 Å². The molecule has 0 bridgehead atoms. The topological polar surface area (TPSA) is 32.7 Å². The molecule has 1 aliphatic heterocycles. The van der Waals surface area contributed by atoms with Gasteiger partial charge in [-0.1, -0.05) is 53.7 Å². The van der Waals surface area contributed by atoms with E-state index in [1.165, 1.54) is 35.0 Å². The normalized spacial score (nSPS) is 14.0. The number of aryl methyl sites for hydroxylation is 1. The Kier molecular flexibility index (Phi) is 4.76. The SMILES string of the molecule is Cc1cccc(CSC2=NCCN2C(=O)c2ccccc2F)c1. The van der Waals surface area contributed by atoms with Gasteiger partial charge in [0.05, 0.1) is 12.1 Å². The lowest BCUT2D eigenvalue weighted by atomic mass is 10.2. The first-order chi connectivity index (χ1) is 11.1. The molecule has 3 rings (SSSR count). The molecule has 0 radical (unpaired) electrons. The summed E-state index contributed by atoms with van der Waals surface area (Å²) in [7, 11) is 0. The van der Waals surface area contributed by atoms with E-state index in [1.807, 2.05) is 6.07 Å². The fourth-order valence-corrected chi connectivity index (χ4v) is 3.46. The molecule has 1 amide bonds.